The molecule has 0 saturated carbocycles. The Morgan fingerprint density at radius 1 is 0.932 bits per heavy atom. The molecule has 1 aliphatic heterocycles. The van der Waals surface area contributed by atoms with E-state index in [9.17, 15) is 31.1 Å². The largest absolute Gasteiger partial charge is 0.573 e. The second-order valence-corrected chi connectivity index (χ2v) is 10.5. The number of primary amides is 1. The molecule has 0 radical (unpaired) electrons. The third kappa shape index (κ3) is 6.06. The SMILES string of the molecule is Cc1nc(C(F)(F)F)cn1-c1ccc(-c2cccc(C(C)(C)C(N)=O)c2)cc1C1=CNNN1c1ccc(OC(F)(F)F)cc1. The highest BCUT2D eigenvalue weighted by molar-refractivity contribution is 5.88. The van der Waals surface area contributed by atoms with Crippen LogP contribution in [0.1, 0.15) is 36.5 Å². The molecule has 1 aromatic heterocycles. The lowest BCUT2D eigenvalue weighted by Crippen LogP contribution is -2.37. The molecule has 44 heavy (non-hydrogen) atoms. The molecule has 8 nitrogen and oxygen atoms in total. The zero-order chi connectivity index (χ0) is 32.0. The number of nitrogens with two attached hydrogens (primary N) is 1. The first-order valence-electron chi connectivity index (χ1n) is 13.1. The summed E-state index contributed by atoms with van der Waals surface area (Å²) in [6.45, 7) is 4.85. The van der Waals surface area contributed by atoms with E-state index in [0.717, 1.165) is 18.3 Å². The normalized spacial score (nSPS) is 13.9. The Morgan fingerprint density at radius 2 is 1.61 bits per heavy atom. The third-order valence-corrected chi connectivity index (χ3v) is 7.19. The van der Waals surface area contributed by atoms with Crippen molar-refractivity contribution < 1.29 is 35.9 Å². The van der Waals surface area contributed by atoms with Gasteiger partial charge < -0.3 is 20.5 Å². The van der Waals surface area contributed by atoms with Crippen molar-refractivity contribution in [3.8, 4) is 22.6 Å². The lowest BCUT2D eigenvalue weighted by Gasteiger charge is -2.24. The predicted molar refractivity (Wildman–Crippen MR) is 151 cm³/mol. The van der Waals surface area contributed by atoms with Crippen LogP contribution in [0.5, 0.6) is 5.75 Å². The number of carbonyl (C=O) groups excluding carboxylic acids is 1. The highest BCUT2D eigenvalue weighted by Gasteiger charge is 2.35. The molecule has 3 aromatic carbocycles. The van der Waals surface area contributed by atoms with Gasteiger partial charge in [0.2, 0.25) is 5.91 Å². The smallest absolute Gasteiger partial charge is 0.406 e. The van der Waals surface area contributed by atoms with Gasteiger partial charge in [-0.3, -0.25) is 9.80 Å². The number of rotatable bonds is 7. The zero-order valence-electron chi connectivity index (χ0n) is 23.5. The summed E-state index contributed by atoms with van der Waals surface area (Å²) < 4.78 is 84.0. The van der Waals surface area contributed by atoms with Crippen molar-refractivity contribution in [2.75, 3.05) is 5.01 Å². The fourth-order valence-corrected chi connectivity index (χ4v) is 4.70. The highest BCUT2D eigenvalue weighted by Crippen LogP contribution is 2.37. The number of nitrogens with one attached hydrogen (secondary N) is 2. The number of nitrogens with zero attached hydrogens (tertiary/aromatic N) is 3. The number of hydrogen-bond donors (Lipinski definition) is 3. The minimum absolute atomic E-state index is 0.0799. The second kappa shape index (κ2) is 10.9. The van der Waals surface area contributed by atoms with Gasteiger partial charge >= 0.3 is 12.5 Å². The van der Waals surface area contributed by atoms with Crippen LogP contribution in [0.3, 0.4) is 0 Å². The van der Waals surface area contributed by atoms with Gasteiger partial charge in [0, 0.05) is 18.0 Å². The Morgan fingerprint density at radius 3 is 2.23 bits per heavy atom. The van der Waals surface area contributed by atoms with E-state index in [1.165, 1.54) is 28.6 Å². The number of anilines is 1. The van der Waals surface area contributed by atoms with Gasteiger partial charge in [-0.1, -0.05) is 30.3 Å². The van der Waals surface area contributed by atoms with Crippen LogP contribution in [0, 0.1) is 6.92 Å². The van der Waals surface area contributed by atoms with Gasteiger partial charge in [0.1, 0.15) is 11.6 Å². The zero-order valence-corrected chi connectivity index (χ0v) is 23.5. The maximum atomic E-state index is 13.6. The number of halogens is 6. The number of hydrazine groups is 2. The fraction of sp³-hybridized carbons (Fsp3) is 0.200. The van der Waals surface area contributed by atoms with Crippen LogP contribution in [0.15, 0.2) is 79.1 Å². The van der Waals surface area contributed by atoms with E-state index in [4.69, 9.17) is 5.73 Å². The van der Waals surface area contributed by atoms with E-state index in [1.807, 2.05) is 12.1 Å². The Kier molecular flexibility index (Phi) is 7.58. The minimum Gasteiger partial charge on any atom is -0.406 e. The molecule has 2 heterocycles. The van der Waals surface area contributed by atoms with Crippen molar-refractivity contribution in [1.82, 2.24) is 20.5 Å². The molecular formula is C30H26F6N6O2. The number of aromatic nitrogens is 2. The summed E-state index contributed by atoms with van der Waals surface area (Å²) in [5.41, 5.74) is 13.0. The van der Waals surface area contributed by atoms with Gasteiger partial charge in [-0.2, -0.15) is 13.2 Å². The monoisotopic (exact) mass is 616 g/mol. The molecule has 0 aliphatic carbocycles. The summed E-state index contributed by atoms with van der Waals surface area (Å²) >= 11 is 0. The maximum Gasteiger partial charge on any atom is 0.573 e. The summed E-state index contributed by atoms with van der Waals surface area (Å²) in [7, 11) is 0. The topological polar surface area (TPSA) is 97.4 Å². The summed E-state index contributed by atoms with van der Waals surface area (Å²) in [5.74, 6) is -0.859. The van der Waals surface area contributed by atoms with E-state index in [0.29, 0.717) is 39.3 Å². The molecule has 230 valence electrons. The first-order chi connectivity index (χ1) is 20.5. The Balaban J connectivity index is 1.63. The quantitative estimate of drug-likeness (QED) is 0.209. The van der Waals surface area contributed by atoms with Crippen LogP contribution in [0.4, 0.5) is 32.0 Å². The molecule has 5 rings (SSSR count). The van der Waals surface area contributed by atoms with Gasteiger partial charge in [0.15, 0.2) is 5.69 Å². The molecule has 4 aromatic rings. The summed E-state index contributed by atoms with van der Waals surface area (Å²) in [5, 5.41) is 1.52. The predicted octanol–water partition coefficient (Wildman–Crippen LogP) is 6.36. The lowest BCUT2D eigenvalue weighted by atomic mass is 9.82. The van der Waals surface area contributed by atoms with E-state index in [-0.39, 0.29) is 5.82 Å². The molecule has 0 spiro atoms. The van der Waals surface area contributed by atoms with E-state index in [1.54, 1.807) is 50.4 Å². The number of amides is 1. The molecule has 0 saturated heterocycles. The molecule has 0 atom stereocenters. The van der Waals surface area contributed by atoms with Crippen molar-refractivity contribution in [1.29, 1.82) is 0 Å². The number of imidazole rings is 1. The number of hydrogen-bond acceptors (Lipinski definition) is 6. The summed E-state index contributed by atoms with van der Waals surface area (Å²) in [6, 6.07) is 17.4. The number of aryl methyl sites for hydroxylation is 1. The van der Waals surface area contributed by atoms with Crippen molar-refractivity contribution >= 4 is 17.3 Å². The maximum absolute atomic E-state index is 13.6. The summed E-state index contributed by atoms with van der Waals surface area (Å²) in [4.78, 5) is 15.8. The van der Waals surface area contributed by atoms with Crippen LogP contribution < -0.4 is 26.4 Å². The number of ether oxygens (including phenoxy) is 1. The molecule has 1 aliphatic rings. The van der Waals surface area contributed by atoms with Crippen LogP contribution in [-0.2, 0) is 16.4 Å². The molecule has 14 heteroatoms. The molecule has 1 amide bonds. The van der Waals surface area contributed by atoms with Crippen molar-refractivity contribution in [2.45, 2.75) is 38.7 Å². The Bertz CT molecular complexity index is 1740. The number of carbonyl (C=O) groups is 1. The van der Waals surface area contributed by atoms with Gasteiger partial charge in [-0.15, -0.1) is 18.7 Å². The Hall–Kier alpha value is -4.98. The van der Waals surface area contributed by atoms with E-state index < -0.39 is 35.3 Å². The average molecular weight is 617 g/mol. The summed E-state index contributed by atoms with van der Waals surface area (Å²) in [6.07, 6.45) is -7.08. The van der Waals surface area contributed by atoms with Crippen LogP contribution in [0.25, 0.3) is 22.5 Å². The lowest BCUT2D eigenvalue weighted by molar-refractivity contribution is -0.274. The molecule has 0 bridgehead atoms. The van der Waals surface area contributed by atoms with Gasteiger partial charge in [-0.05, 0) is 73.9 Å². The fourth-order valence-electron chi connectivity index (χ4n) is 4.70. The Labute approximate surface area is 247 Å². The third-order valence-electron chi connectivity index (χ3n) is 7.19. The first kappa shape index (κ1) is 30.5. The van der Waals surface area contributed by atoms with Crippen LogP contribution >= 0.6 is 0 Å². The van der Waals surface area contributed by atoms with Crippen LogP contribution in [-0.4, -0.2) is 21.8 Å². The molecular weight excluding hydrogens is 590 g/mol. The second-order valence-electron chi connectivity index (χ2n) is 10.5. The van der Waals surface area contributed by atoms with E-state index in [2.05, 4.69) is 20.7 Å². The number of alkyl halides is 6. The first-order valence-corrected chi connectivity index (χ1v) is 13.1. The van der Waals surface area contributed by atoms with Gasteiger partial charge in [0.25, 0.3) is 0 Å². The van der Waals surface area contributed by atoms with E-state index >= 15 is 0 Å². The van der Waals surface area contributed by atoms with Crippen molar-refractivity contribution in [2.24, 2.45) is 5.73 Å². The van der Waals surface area contributed by atoms with Crippen LogP contribution in [0.2, 0.25) is 0 Å². The highest BCUT2D eigenvalue weighted by atomic mass is 19.4. The molecule has 0 fully saturated rings. The minimum atomic E-state index is -4.86. The van der Waals surface area contributed by atoms with Gasteiger partial charge in [0.05, 0.1) is 22.5 Å². The van der Waals surface area contributed by atoms with Gasteiger partial charge in [-0.25, -0.2) is 4.98 Å². The number of benzene rings is 3. The average Bonchev–Trinajstić information content (AvgIpc) is 3.59. The van der Waals surface area contributed by atoms with Crippen molar-refractivity contribution in [3.63, 3.8) is 0 Å². The van der Waals surface area contributed by atoms with Crippen molar-refractivity contribution in [3.05, 3.63) is 102 Å². The molecule has 4 N–H and O–H groups in total. The standard InChI is InChI=1S/C30H26F6N6O2/c1-17-39-26(29(31,32)33)16-41(17)24-12-7-19(18-5-4-6-20(13-18)28(2,3)27(37)43)14-23(24)25-15-38-40-42(25)21-8-10-22(11-9-21)44-30(34,35)36/h4-16,38,40H,1-3H3,(H2,37,43). The molecule has 0 unspecified atom stereocenters.